The van der Waals surface area contributed by atoms with Crippen molar-refractivity contribution in [2.75, 3.05) is 5.32 Å². The highest BCUT2D eigenvalue weighted by atomic mass is 16.6. The molecule has 114 valence electrons. The molecular formula is C16H18N4O2. The Morgan fingerprint density at radius 2 is 2.05 bits per heavy atom. The Morgan fingerprint density at radius 1 is 1.32 bits per heavy atom. The number of fused-ring (bicyclic) bond motifs is 1. The number of pyridine rings is 2. The smallest absolute Gasteiger partial charge is 0.312 e. The number of anilines is 2. The van der Waals surface area contributed by atoms with Crippen molar-refractivity contribution >= 4 is 17.2 Å². The Balaban J connectivity index is 2.02. The van der Waals surface area contributed by atoms with Crippen molar-refractivity contribution < 1.29 is 4.92 Å². The zero-order valence-electron chi connectivity index (χ0n) is 12.7. The lowest BCUT2D eigenvalue weighted by Crippen LogP contribution is -2.23. The molecule has 0 saturated carbocycles. The molecule has 2 aromatic heterocycles. The van der Waals surface area contributed by atoms with Crippen LogP contribution in [-0.4, -0.2) is 14.9 Å². The summed E-state index contributed by atoms with van der Waals surface area (Å²) in [6, 6.07) is 5.19. The zero-order chi connectivity index (χ0) is 15.7. The van der Waals surface area contributed by atoms with E-state index in [1.807, 2.05) is 0 Å². The van der Waals surface area contributed by atoms with Gasteiger partial charge in [-0.25, -0.2) is 4.98 Å². The van der Waals surface area contributed by atoms with Crippen LogP contribution in [0.25, 0.3) is 0 Å². The fourth-order valence-corrected chi connectivity index (χ4v) is 2.77. The predicted octanol–water partition coefficient (Wildman–Crippen LogP) is 3.64. The highest BCUT2D eigenvalue weighted by molar-refractivity contribution is 5.66. The van der Waals surface area contributed by atoms with Crippen molar-refractivity contribution in [2.45, 2.75) is 33.1 Å². The molecule has 0 amide bonds. The molecular weight excluding hydrogens is 280 g/mol. The van der Waals surface area contributed by atoms with Gasteiger partial charge < -0.3 is 5.32 Å². The van der Waals surface area contributed by atoms with Gasteiger partial charge in [0.1, 0.15) is 0 Å². The van der Waals surface area contributed by atoms with E-state index < -0.39 is 0 Å². The fraction of sp³-hybridized carbons (Fsp3) is 0.375. The Kier molecular flexibility index (Phi) is 3.52. The molecule has 0 unspecified atom stereocenters. The SMILES string of the molecule is CC1(C)CCc2cc([N+](=O)[O-])c(Nc3ccncc3)nc2C1. The Bertz CT molecular complexity index is 714. The van der Waals surface area contributed by atoms with Gasteiger partial charge in [-0.15, -0.1) is 0 Å². The molecule has 0 saturated heterocycles. The normalized spacial score (nSPS) is 15.9. The summed E-state index contributed by atoms with van der Waals surface area (Å²) in [5.74, 6) is 0.299. The summed E-state index contributed by atoms with van der Waals surface area (Å²) in [5.41, 5.74) is 2.89. The van der Waals surface area contributed by atoms with Crippen molar-refractivity contribution in [3.05, 3.63) is 52.0 Å². The molecule has 3 rings (SSSR count). The standard InChI is InChI=1S/C16H18N4O2/c1-16(2)6-3-11-9-14(20(21)22)15(19-13(11)10-16)18-12-4-7-17-8-5-12/h4-5,7-9H,3,6,10H2,1-2H3,(H,17,18,19). The predicted molar refractivity (Wildman–Crippen MR) is 84.2 cm³/mol. The van der Waals surface area contributed by atoms with E-state index >= 15 is 0 Å². The van der Waals surface area contributed by atoms with Gasteiger partial charge in [0, 0.05) is 29.8 Å². The van der Waals surface area contributed by atoms with Gasteiger partial charge in [-0.1, -0.05) is 13.8 Å². The maximum atomic E-state index is 11.3. The van der Waals surface area contributed by atoms with Gasteiger partial charge in [0.05, 0.1) is 4.92 Å². The second-order valence-corrected chi connectivity index (χ2v) is 6.42. The van der Waals surface area contributed by atoms with Gasteiger partial charge in [-0.2, -0.15) is 0 Å². The average Bonchev–Trinajstić information content (AvgIpc) is 2.46. The summed E-state index contributed by atoms with van der Waals surface area (Å²) < 4.78 is 0. The van der Waals surface area contributed by atoms with Gasteiger partial charge in [0.2, 0.25) is 5.82 Å². The van der Waals surface area contributed by atoms with E-state index in [4.69, 9.17) is 0 Å². The van der Waals surface area contributed by atoms with E-state index in [0.717, 1.165) is 36.2 Å². The first-order valence-electron chi connectivity index (χ1n) is 7.29. The lowest BCUT2D eigenvalue weighted by molar-refractivity contribution is -0.384. The maximum Gasteiger partial charge on any atom is 0.312 e. The summed E-state index contributed by atoms with van der Waals surface area (Å²) in [6.45, 7) is 4.41. The van der Waals surface area contributed by atoms with E-state index in [1.54, 1.807) is 30.6 Å². The van der Waals surface area contributed by atoms with Crippen molar-refractivity contribution in [2.24, 2.45) is 5.41 Å². The van der Waals surface area contributed by atoms with Crippen LogP contribution in [-0.2, 0) is 12.8 Å². The molecule has 0 bridgehead atoms. The molecule has 0 aliphatic heterocycles. The molecule has 1 aliphatic carbocycles. The number of aromatic nitrogens is 2. The quantitative estimate of drug-likeness (QED) is 0.691. The van der Waals surface area contributed by atoms with Crippen LogP contribution in [0.5, 0.6) is 0 Å². The average molecular weight is 298 g/mol. The summed E-state index contributed by atoms with van der Waals surface area (Å²) in [6.07, 6.45) is 5.97. The van der Waals surface area contributed by atoms with Crippen molar-refractivity contribution in [1.82, 2.24) is 9.97 Å². The minimum atomic E-state index is -0.378. The van der Waals surface area contributed by atoms with Crippen LogP contribution >= 0.6 is 0 Å². The first-order chi connectivity index (χ1) is 10.4. The van der Waals surface area contributed by atoms with Gasteiger partial charge >= 0.3 is 5.69 Å². The summed E-state index contributed by atoms with van der Waals surface area (Å²) in [5, 5.41) is 14.4. The topological polar surface area (TPSA) is 81.0 Å². The Labute approximate surface area is 128 Å². The molecule has 22 heavy (non-hydrogen) atoms. The maximum absolute atomic E-state index is 11.3. The molecule has 2 aromatic rings. The number of rotatable bonds is 3. The molecule has 0 radical (unpaired) electrons. The number of nitro groups is 1. The van der Waals surface area contributed by atoms with Crippen LogP contribution in [0.3, 0.4) is 0 Å². The fourth-order valence-electron chi connectivity index (χ4n) is 2.77. The molecule has 2 heterocycles. The number of aryl methyl sites for hydroxylation is 1. The Morgan fingerprint density at radius 3 is 2.73 bits per heavy atom. The number of nitrogens with zero attached hydrogens (tertiary/aromatic N) is 3. The van der Waals surface area contributed by atoms with Crippen molar-refractivity contribution in [1.29, 1.82) is 0 Å². The molecule has 1 N–H and O–H groups in total. The van der Waals surface area contributed by atoms with E-state index in [2.05, 4.69) is 29.1 Å². The second kappa shape index (κ2) is 5.36. The lowest BCUT2D eigenvalue weighted by Gasteiger charge is -2.30. The highest BCUT2D eigenvalue weighted by Crippen LogP contribution is 2.37. The summed E-state index contributed by atoms with van der Waals surface area (Å²) in [4.78, 5) is 19.5. The first-order valence-corrected chi connectivity index (χ1v) is 7.29. The van der Waals surface area contributed by atoms with E-state index in [0.29, 0.717) is 5.82 Å². The minimum Gasteiger partial charge on any atom is -0.334 e. The van der Waals surface area contributed by atoms with Crippen LogP contribution in [0.2, 0.25) is 0 Å². The number of hydrogen-bond donors (Lipinski definition) is 1. The minimum absolute atomic E-state index is 0.0234. The van der Waals surface area contributed by atoms with Gasteiger partial charge in [0.25, 0.3) is 0 Å². The van der Waals surface area contributed by atoms with Crippen LogP contribution in [0.15, 0.2) is 30.6 Å². The van der Waals surface area contributed by atoms with E-state index in [9.17, 15) is 10.1 Å². The molecule has 0 spiro atoms. The third-order valence-electron chi connectivity index (χ3n) is 4.03. The van der Waals surface area contributed by atoms with E-state index in [1.165, 1.54) is 0 Å². The highest BCUT2D eigenvalue weighted by Gasteiger charge is 2.29. The van der Waals surface area contributed by atoms with Crippen LogP contribution < -0.4 is 5.32 Å². The summed E-state index contributed by atoms with van der Waals surface area (Å²) >= 11 is 0. The number of nitrogens with one attached hydrogen (secondary N) is 1. The van der Waals surface area contributed by atoms with Gasteiger partial charge in [-0.05, 0) is 42.4 Å². The third kappa shape index (κ3) is 2.90. The summed E-state index contributed by atoms with van der Waals surface area (Å²) in [7, 11) is 0. The van der Waals surface area contributed by atoms with Crippen LogP contribution in [0, 0.1) is 15.5 Å². The molecule has 0 aromatic carbocycles. The molecule has 6 heteroatoms. The second-order valence-electron chi connectivity index (χ2n) is 6.42. The third-order valence-corrected chi connectivity index (χ3v) is 4.03. The monoisotopic (exact) mass is 298 g/mol. The zero-order valence-corrected chi connectivity index (χ0v) is 12.7. The molecule has 0 atom stereocenters. The molecule has 6 nitrogen and oxygen atoms in total. The van der Waals surface area contributed by atoms with Gasteiger partial charge in [0.15, 0.2) is 0 Å². The first kappa shape index (κ1) is 14.4. The number of hydrogen-bond acceptors (Lipinski definition) is 5. The van der Waals surface area contributed by atoms with Crippen LogP contribution in [0.4, 0.5) is 17.2 Å². The lowest BCUT2D eigenvalue weighted by atomic mass is 9.76. The Hall–Kier alpha value is -2.50. The van der Waals surface area contributed by atoms with Crippen molar-refractivity contribution in [3.8, 4) is 0 Å². The largest absolute Gasteiger partial charge is 0.334 e. The van der Waals surface area contributed by atoms with Crippen LogP contribution in [0.1, 0.15) is 31.5 Å². The molecule has 0 fully saturated rings. The van der Waals surface area contributed by atoms with E-state index in [-0.39, 0.29) is 16.0 Å². The van der Waals surface area contributed by atoms with Crippen molar-refractivity contribution in [3.63, 3.8) is 0 Å². The molecule has 1 aliphatic rings. The van der Waals surface area contributed by atoms with Gasteiger partial charge in [-0.3, -0.25) is 15.1 Å².